The Bertz CT molecular complexity index is 1160. The highest BCUT2D eigenvalue weighted by atomic mass is 79.9. The molecule has 2 aliphatic heterocycles. The minimum Gasteiger partial charge on any atom is -0.493 e. The Balaban J connectivity index is 1.31. The van der Waals surface area contributed by atoms with E-state index in [1.165, 1.54) is 14.2 Å². The standard InChI is InChI=1S/C24H24BrN3O6/c1-33-19-6-3-14(11-20(19)34-2)22(30)26-16-7-9-27(10-8-16)21(29)13-28-23(31)17-5-4-15(25)12-18(17)24(28)32/h3-6,11-12,16H,7-10,13H2,1-2H3,(H,26,30). The van der Waals surface area contributed by atoms with Crippen molar-refractivity contribution < 1.29 is 28.7 Å². The first-order valence-electron chi connectivity index (χ1n) is 10.8. The van der Waals surface area contributed by atoms with Crippen molar-refractivity contribution in [1.29, 1.82) is 0 Å². The summed E-state index contributed by atoms with van der Waals surface area (Å²) in [5.41, 5.74) is 1.05. The van der Waals surface area contributed by atoms with Gasteiger partial charge in [-0.3, -0.25) is 24.1 Å². The maximum Gasteiger partial charge on any atom is 0.262 e. The SMILES string of the molecule is COc1ccc(C(=O)NC2CCN(C(=O)CN3C(=O)c4ccc(Br)cc4C3=O)CC2)cc1OC. The predicted octanol–water partition coefficient (Wildman–Crippen LogP) is 2.48. The van der Waals surface area contributed by atoms with E-state index in [1.54, 1.807) is 41.3 Å². The molecule has 1 fully saturated rings. The van der Waals surface area contributed by atoms with Crippen LogP contribution in [0.2, 0.25) is 0 Å². The second kappa shape index (κ2) is 9.84. The van der Waals surface area contributed by atoms with Crippen LogP contribution in [0.4, 0.5) is 0 Å². The molecular formula is C24H24BrN3O6. The molecule has 34 heavy (non-hydrogen) atoms. The van der Waals surface area contributed by atoms with Crippen LogP contribution in [0.1, 0.15) is 43.9 Å². The zero-order chi connectivity index (χ0) is 24.4. The van der Waals surface area contributed by atoms with Gasteiger partial charge in [-0.15, -0.1) is 0 Å². The summed E-state index contributed by atoms with van der Waals surface area (Å²) >= 11 is 3.30. The number of methoxy groups -OCH3 is 2. The molecule has 0 radical (unpaired) electrons. The van der Waals surface area contributed by atoms with E-state index in [0.717, 1.165) is 4.90 Å². The molecule has 4 amide bonds. The van der Waals surface area contributed by atoms with E-state index in [-0.39, 0.29) is 24.4 Å². The Morgan fingerprint density at radius 3 is 2.32 bits per heavy atom. The van der Waals surface area contributed by atoms with Gasteiger partial charge in [0.05, 0.1) is 25.3 Å². The highest BCUT2D eigenvalue weighted by molar-refractivity contribution is 9.10. The molecule has 0 aromatic heterocycles. The second-order valence-corrected chi connectivity index (χ2v) is 9.00. The number of halogens is 1. The lowest BCUT2D eigenvalue weighted by atomic mass is 10.0. The molecule has 1 N–H and O–H groups in total. The van der Waals surface area contributed by atoms with Gasteiger partial charge in [-0.25, -0.2) is 0 Å². The minimum atomic E-state index is -0.466. The molecule has 2 aromatic carbocycles. The smallest absolute Gasteiger partial charge is 0.262 e. The number of fused-ring (bicyclic) bond motifs is 1. The number of rotatable bonds is 6. The molecule has 0 bridgehead atoms. The average molecular weight is 530 g/mol. The van der Waals surface area contributed by atoms with Crippen molar-refractivity contribution in [2.24, 2.45) is 0 Å². The van der Waals surface area contributed by atoms with Crippen LogP contribution >= 0.6 is 15.9 Å². The quantitative estimate of drug-likeness (QED) is 0.576. The van der Waals surface area contributed by atoms with Crippen LogP contribution in [0.15, 0.2) is 40.9 Å². The molecule has 0 aliphatic carbocycles. The normalized spacial score (nSPS) is 15.9. The number of piperidine rings is 1. The fourth-order valence-corrected chi connectivity index (χ4v) is 4.52. The van der Waals surface area contributed by atoms with Gasteiger partial charge in [0.2, 0.25) is 5.91 Å². The maximum atomic E-state index is 12.8. The lowest BCUT2D eigenvalue weighted by Gasteiger charge is -2.33. The number of benzene rings is 2. The molecule has 9 nitrogen and oxygen atoms in total. The number of hydrogen-bond acceptors (Lipinski definition) is 6. The van der Waals surface area contributed by atoms with Crippen molar-refractivity contribution >= 4 is 39.6 Å². The number of likely N-dealkylation sites (tertiary alicyclic amines) is 1. The predicted molar refractivity (Wildman–Crippen MR) is 126 cm³/mol. The van der Waals surface area contributed by atoms with Gasteiger partial charge in [-0.2, -0.15) is 0 Å². The van der Waals surface area contributed by atoms with Crippen LogP contribution in [0.5, 0.6) is 11.5 Å². The molecule has 0 unspecified atom stereocenters. The van der Waals surface area contributed by atoms with Crippen molar-refractivity contribution in [3.05, 3.63) is 57.6 Å². The molecular weight excluding hydrogens is 506 g/mol. The Hall–Kier alpha value is -3.40. The van der Waals surface area contributed by atoms with Crippen LogP contribution in [-0.4, -0.2) is 73.3 Å². The molecule has 2 aliphatic rings. The molecule has 10 heteroatoms. The zero-order valence-corrected chi connectivity index (χ0v) is 20.4. The van der Waals surface area contributed by atoms with Crippen LogP contribution in [-0.2, 0) is 4.79 Å². The van der Waals surface area contributed by atoms with Gasteiger partial charge >= 0.3 is 0 Å². The van der Waals surface area contributed by atoms with E-state index in [2.05, 4.69) is 21.2 Å². The summed E-state index contributed by atoms with van der Waals surface area (Å²) in [5.74, 6) is -0.446. The molecule has 2 heterocycles. The van der Waals surface area contributed by atoms with Crippen LogP contribution in [0, 0.1) is 0 Å². The Morgan fingerprint density at radius 1 is 0.971 bits per heavy atom. The third-order valence-corrected chi connectivity index (χ3v) is 6.55. The van der Waals surface area contributed by atoms with E-state index in [1.807, 2.05) is 0 Å². The van der Waals surface area contributed by atoms with Crippen LogP contribution in [0.3, 0.4) is 0 Å². The summed E-state index contributed by atoms with van der Waals surface area (Å²) in [6.45, 7) is 0.543. The first-order chi connectivity index (χ1) is 16.3. The Kier molecular flexibility index (Phi) is 6.87. The van der Waals surface area contributed by atoms with Gasteiger partial charge in [0, 0.05) is 29.2 Å². The molecule has 178 valence electrons. The molecule has 2 aromatic rings. The molecule has 4 rings (SSSR count). The van der Waals surface area contributed by atoms with Crippen LogP contribution < -0.4 is 14.8 Å². The summed E-state index contributed by atoms with van der Waals surface area (Å²) < 4.78 is 11.1. The largest absolute Gasteiger partial charge is 0.493 e. The molecule has 1 saturated heterocycles. The van der Waals surface area contributed by atoms with Gasteiger partial charge in [-0.05, 0) is 49.2 Å². The van der Waals surface area contributed by atoms with Crippen molar-refractivity contribution in [1.82, 2.24) is 15.1 Å². The van der Waals surface area contributed by atoms with Crippen molar-refractivity contribution in [3.8, 4) is 11.5 Å². The van der Waals surface area contributed by atoms with E-state index < -0.39 is 11.8 Å². The maximum absolute atomic E-state index is 12.8. The van der Waals surface area contributed by atoms with E-state index in [4.69, 9.17) is 9.47 Å². The number of nitrogens with one attached hydrogen (secondary N) is 1. The molecule has 0 spiro atoms. The Morgan fingerprint density at radius 2 is 1.65 bits per heavy atom. The fraction of sp³-hybridized carbons (Fsp3) is 0.333. The van der Waals surface area contributed by atoms with Gasteiger partial charge < -0.3 is 19.7 Å². The highest BCUT2D eigenvalue weighted by Crippen LogP contribution is 2.28. The summed E-state index contributed by atoms with van der Waals surface area (Å²) in [6, 6.07) is 9.72. The first kappa shape index (κ1) is 23.7. The van der Waals surface area contributed by atoms with E-state index in [0.29, 0.717) is 58.6 Å². The Labute approximate surface area is 205 Å². The minimum absolute atomic E-state index is 0.0960. The molecule has 0 saturated carbocycles. The summed E-state index contributed by atoms with van der Waals surface area (Å²) in [4.78, 5) is 53.3. The lowest BCUT2D eigenvalue weighted by Crippen LogP contribution is -2.49. The zero-order valence-electron chi connectivity index (χ0n) is 18.8. The van der Waals surface area contributed by atoms with Gasteiger partial charge in [0.15, 0.2) is 11.5 Å². The number of imide groups is 1. The van der Waals surface area contributed by atoms with E-state index in [9.17, 15) is 19.2 Å². The number of nitrogens with zero attached hydrogens (tertiary/aromatic N) is 2. The number of carbonyl (C=O) groups excluding carboxylic acids is 4. The lowest BCUT2D eigenvalue weighted by molar-refractivity contribution is -0.132. The third kappa shape index (κ3) is 4.63. The molecule has 0 atom stereocenters. The third-order valence-electron chi connectivity index (χ3n) is 6.05. The fourth-order valence-electron chi connectivity index (χ4n) is 4.16. The second-order valence-electron chi connectivity index (χ2n) is 8.08. The topological polar surface area (TPSA) is 105 Å². The number of ether oxygens (including phenoxy) is 2. The van der Waals surface area contributed by atoms with E-state index >= 15 is 0 Å². The van der Waals surface area contributed by atoms with Crippen molar-refractivity contribution in [3.63, 3.8) is 0 Å². The number of carbonyl (C=O) groups is 4. The number of amides is 4. The monoisotopic (exact) mass is 529 g/mol. The summed E-state index contributed by atoms with van der Waals surface area (Å²) in [5, 5.41) is 2.99. The number of hydrogen-bond donors (Lipinski definition) is 1. The first-order valence-corrected chi connectivity index (χ1v) is 11.6. The van der Waals surface area contributed by atoms with Gasteiger partial charge in [0.1, 0.15) is 6.54 Å². The van der Waals surface area contributed by atoms with Gasteiger partial charge in [-0.1, -0.05) is 15.9 Å². The van der Waals surface area contributed by atoms with Crippen molar-refractivity contribution in [2.75, 3.05) is 33.9 Å². The van der Waals surface area contributed by atoms with Crippen molar-refractivity contribution in [2.45, 2.75) is 18.9 Å². The highest BCUT2D eigenvalue weighted by Gasteiger charge is 2.38. The van der Waals surface area contributed by atoms with Crippen LogP contribution in [0.25, 0.3) is 0 Å². The average Bonchev–Trinajstić information content (AvgIpc) is 3.07. The summed E-state index contributed by atoms with van der Waals surface area (Å²) in [6.07, 6.45) is 1.14. The summed E-state index contributed by atoms with van der Waals surface area (Å²) in [7, 11) is 3.03. The van der Waals surface area contributed by atoms with Gasteiger partial charge in [0.25, 0.3) is 17.7 Å².